The highest BCUT2D eigenvalue weighted by Crippen LogP contribution is 2.22. The van der Waals surface area contributed by atoms with E-state index in [9.17, 15) is 4.79 Å². The van der Waals surface area contributed by atoms with E-state index < -0.39 is 0 Å². The lowest BCUT2D eigenvalue weighted by atomic mass is 9.97. The van der Waals surface area contributed by atoms with Crippen LogP contribution in [0.5, 0.6) is 0 Å². The highest BCUT2D eigenvalue weighted by Gasteiger charge is 2.26. The molecular weight excluding hydrogens is 340 g/mol. The zero-order chi connectivity index (χ0) is 18.6. The summed E-state index contributed by atoms with van der Waals surface area (Å²) in [6, 6.07) is 3.76. The van der Waals surface area contributed by atoms with Crippen LogP contribution in [0.15, 0.2) is 49.4 Å². The molecule has 3 aromatic heterocycles. The molecule has 0 N–H and O–H groups in total. The van der Waals surface area contributed by atoms with E-state index in [1.807, 2.05) is 36.5 Å². The number of amides is 1. The van der Waals surface area contributed by atoms with Gasteiger partial charge in [0, 0.05) is 56.2 Å². The molecule has 0 bridgehead atoms. The molecule has 1 aliphatic heterocycles. The zero-order valence-electron chi connectivity index (χ0n) is 15.3. The first-order chi connectivity index (χ1) is 13.2. The maximum Gasteiger partial charge on any atom is 0.257 e. The molecule has 1 fully saturated rings. The minimum atomic E-state index is 0.0144. The van der Waals surface area contributed by atoms with Gasteiger partial charge in [-0.2, -0.15) is 0 Å². The van der Waals surface area contributed by atoms with E-state index in [0.717, 1.165) is 38.0 Å². The van der Waals surface area contributed by atoms with Crippen LogP contribution in [0.25, 0.3) is 11.4 Å². The number of aryl methyl sites for hydroxylation is 1. The highest BCUT2D eigenvalue weighted by atomic mass is 16.2. The Bertz CT molecular complexity index is 909. The van der Waals surface area contributed by atoms with E-state index in [2.05, 4.69) is 24.5 Å². The average molecular weight is 362 g/mol. The third-order valence-electron chi connectivity index (χ3n) is 4.96. The fourth-order valence-electron chi connectivity index (χ4n) is 3.57. The molecule has 138 valence electrons. The van der Waals surface area contributed by atoms with Crippen molar-refractivity contribution in [3.63, 3.8) is 0 Å². The van der Waals surface area contributed by atoms with Gasteiger partial charge in [-0.05, 0) is 37.8 Å². The van der Waals surface area contributed by atoms with Crippen molar-refractivity contribution >= 4 is 5.91 Å². The minimum Gasteiger partial charge on any atom is -0.338 e. The van der Waals surface area contributed by atoms with Crippen molar-refractivity contribution in [1.29, 1.82) is 0 Å². The number of imidazole rings is 1. The summed E-state index contributed by atoms with van der Waals surface area (Å²) in [6.45, 7) is 4.28. The predicted molar refractivity (Wildman–Crippen MR) is 101 cm³/mol. The SMILES string of the molecule is Cc1nc(-c2cccnc2)ncc1C(=O)N1CCC[C@@H](Cn2ccnc2)C1. The third kappa shape index (κ3) is 3.86. The van der Waals surface area contributed by atoms with Gasteiger partial charge in [0.2, 0.25) is 0 Å². The molecule has 0 aromatic carbocycles. The van der Waals surface area contributed by atoms with E-state index in [-0.39, 0.29) is 5.91 Å². The van der Waals surface area contributed by atoms with Crippen LogP contribution in [0.2, 0.25) is 0 Å². The second-order valence-corrected chi connectivity index (χ2v) is 6.95. The van der Waals surface area contributed by atoms with Gasteiger partial charge >= 0.3 is 0 Å². The summed E-state index contributed by atoms with van der Waals surface area (Å²) in [5, 5.41) is 0. The van der Waals surface area contributed by atoms with E-state index in [1.54, 1.807) is 24.8 Å². The van der Waals surface area contributed by atoms with Crippen LogP contribution in [0.4, 0.5) is 0 Å². The summed E-state index contributed by atoms with van der Waals surface area (Å²) in [4.78, 5) is 32.1. The van der Waals surface area contributed by atoms with Crippen molar-refractivity contribution < 1.29 is 4.79 Å². The number of pyridine rings is 1. The molecule has 0 spiro atoms. The van der Waals surface area contributed by atoms with Gasteiger partial charge in [-0.25, -0.2) is 15.0 Å². The van der Waals surface area contributed by atoms with E-state index in [4.69, 9.17) is 0 Å². The number of carbonyl (C=O) groups excluding carboxylic acids is 1. The fraction of sp³-hybridized carbons (Fsp3) is 0.350. The number of carbonyl (C=O) groups is 1. The van der Waals surface area contributed by atoms with Gasteiger partial charge in [0.1, 0.15) is 0 Å². The molecule has 0 radical (unpaired) electrons. The lowest BCUT2D eigenvalue weighted by molar-refractivity contribution is 0.0660. The molecule has 1 amide bonds. The Hall–Kier alpha value is -3.09. The molecule has 0 unspecified atom stereocenters. The number of aromatic nitrogens is 5. The van der Waals surface area contributed by atoms with Gasteiger partial charge in [0.15, 0.2) is 5.82 Å². The predicted octanol–water partition coefficient (Wildman–Crippen LogP) is 2.60. The number of rotatable bonds is 4. The van der Waals surface area contributed by atoms with Gasteiger partial charge in [-0.1, -0.05) is 0 Å². The number of hydrogen-bond donors (Lipinski definition) is 0. The Morgan fingerprint density at radius 1 is 1.26 bits per heavy atom. The standard InChI is InChI=1S/C20H22N6O/c1-15-18(11-23-19(24-15)17-5-2-6-21-10-17)20(27)26-8-3-4-16(13-26)12-25-9-7-22-14-25/h2,5-7,9-11,14,16H,3-4,8,12-13H2,1H3/t16-/m0/s1. The molecule has 7 nitrogen and oxygen atoms in total. The van der Waals surface area contributed by atoms with Crippen molar-refractivity contribution in [2.45, 2.75) is 26.3 Å². The van der Waals surface area contributed by atoms with Crippen LogP contribution >= 0.6 is 0 Å². The molecule has 27 heavy (non-hydrogen) atoms. The second-order valence-electron chi connectivity index (χ2n) is 6.95. The van der Waals surface area contributed by atoms with E-state index >= 15 is 0 Å². The molecule has 1 atom stereocenters. The van der Waals surface area contributed by atoms with Crippen molar-refractivity contribution in [2.75, 3.05) is 13.1 Å². The van der Waals surface area contributed by atoms with Crippen molar-refractivity contribution in [3.05, 3.63) is 60.7 Å². The quantitative estimate of drug-likeness (QED) is 0.713. The Labute approximate surface area is 158 Å². The van der Waals surface area contributed by atoms with Crippen molar-refractivity contribution in [3.8, 4) is 11.4 Å². The van der Waals surface area contributed by atoms with Gasteiger partial charge < -0.3 is 9.47 Å². The van der Waals surface area contributed by atoms with Crippen LogP contribution < -0.4 is 0 Å². The first kappa shape index (κ1) is 17.3. The van der Waals surface area contributed by atoms with Gasteiger partial charge in [0.25, 0.3) is 5.91 Å². The van der Waals surface area contributed by atoms with Crippen LogP contribution in [-0.2, 0) is 6.54 Å². The van der Waals surface area contributed by atoms with Crippen LogP contribution in [0.1, 0.15) is 28.9 Å². The normalized spacial score (nSPS) is 17.1. The molecule has 1 aliphatic rings. The van der Waals surface area contributed by atoms with E-state index in [0.29, 0.717) is 23.0 Å². The summed E-state index contributed by atoms with van der Waals surface area (Å²) < 4.78 is 2.08. The van der Waals surface area contributed by atoms with Crippen LogP contribution in [0, 0.1) is 12.8 Å². The summed E-state index contributed by atoms with van der Waals surface area (Å²) in [6.07, 6.45) is 12.8. The number of hydrogen-bond acceptors (Lipinski definition) is 5. The summed E-state index contributed by atoms with van der Waals surface area (Å²) >= 11 is 0. The summed E-state index contributed by atoms with van der Waals surface area (Å²) in [5.74, 6) is 1.04. The Kier molecular flexibility index (Phi) is 4.91. The molecule has 3 aromatic rings. The first-order valence-corrected chi connectivity index (χ1v) is 9.20. The zero-order valence-corrected chi connectivity index (χ0v) is 15.3. The lowest BCUT2D eigenvalue weighted by Gasteiger charge is -2.33. The molecule has 4 heterocycles. The van der Waals surface area contributed by atoms with Gasteiger partial charge in [0.05, 0.1) is 17.6 Å². The number of nitrogens with zero attached hydrogens (tertiary/aromatic N) is 6. The average Bonchev–Trinajstić information content (AvgIpc) is 3.21. The number of piperidine rings is 1. The Morgan fingerprint density at radius 3 is 2.93 bits per heavy atom. The lowest BCUT2D eigenvalue weighted by Crippen LogP contribution is -2.41. The maximum absolute atomic E-state index is 13.0. The molecular formula is C20H22N6O. The molecule has 1 saturated heterocycles. The largest absolute Gasteiger partial charge is 0.338 e. The fourth-order valence-corrected chi connectivity index (χ4v) is 3.57. The van der Waals surface area contributed by atoms with Crippen LogP contribution in [-0.4, -0.2) is 48.4 Å². The van der Waals surface area contributed by atoms with Gasteiger partial charge in [-0.15, -0.1) is 0 Å². The third-order valence-corrected chi connectivity index (χ3v) is 4.96. The summed E-state index contributed by atoms with van der Waals surface area (Å²) in [5.41, 5.74) is 2.12. The maximum atomic E-state index is 13.0. The van der Waals surface area contributed by atoms with Crippen LogP contribution in [0.3, 0.4) is 0 Å². The monoisotopic (exact) mass is 362 g/mol. The Morgan fingerprint density at radius 2 is 2.19 bits per heavy atom. The Balaban J connectivity index is 1.48. The minimum absolute atomic E-state index is 0.0144. The smallest absolute Gasteiger partial charge is 0.257 e. The molecule has 0 aliphatic carbocycles. The second kappa shape index (κ2) is 7.65. The van der Waals surface area contributed by atoms with Crippen molar-refractivity contribution in [2.24, 2.45) is 5.92 Å². The van der Waals surface area contributed by atoms with E-state index in [1.165, 1.54) is 0 Å². The first-order valence-electron chi connectivity index (χ1n) is 9.20. The van der Waals surface area contributed by atoms with Crippen molar-refractivity contribution in [1.82, 2.24) is 29.4 Å². The topological polar surface area (TPSA) is 76.8 Å². The number of likely N-dealkylation sites (tertiary alicyclic amines) is 1. The highest BCUT2D eigenvalue weighted by molar-refractivity contribution is 5.95. The molecule has 0 saturated carbocycles. The van der Waals surface area contributed by atoms with Gasteiger partial charge in [-0.3, -0.25) is 9.78 Å². The molecule has 4 rings (SSSR count). The summed E-state index contributed by atoms with van der Waals surface area (Å²) in [7, 11) is 0. The molecule has 7 heteroatoms.